The van der Waals surface area contributed by atoms with Crippen molar-refractivity contribution in [3.05, 3.63) is 70.9 Å². The van der Waals surface area contributed by atoms with E-state index in [1.165, 1.54) is 7.11 Å². The first-order chi connectivity index (χ1) is 13.0. The quantitative estimate of drug-likeness (QED) is 0.642. The van der Waals surface area contributed by atoms with Crippen LogP contribution < -0.4 is 10.6 Å². The summed E-state index contributed by atoms with van der Waals surface area (Å²) >= 11 is 0. The summed E-state index contributed by atoms with van der Waals surface area (Å²) in [6.07, 6.45) is 0. The number of nitrogens with one attached hydrogen (secondary N) is 2. The van der Waals surface area contributed by atoms with Gasteiger partial charge in [0.15, 0.2) is 0 Å². The summed E-state index contributed by atoms with van der Waals surface area (Å²) in [5.74, 6) is 0.665. The van der Waals surface area contributed by atoms with Gasteiger partial charge in [-0.1, -0.05) is 30.3 Å². The Labute approximate surface area is 158 Å². The second-order valence-corrected chi connectivity index (χ2v) is 6.27. The highest BCUT2D eigenvalue weighted by molar-refractivity contribution is 5.96. The first-order valence-electron chi connectivity index (χ1n) is 8.61. The number of benzene rings is 2. The van der Waals surface area contributed by atoms with Crippen LogP contribution in [0, 0.1) is 20.8 Å². The molecule has 0 spiro atoms. The molecule has 0 radical (unpaired) electrons. The van der Waals surface area contributed by atoms with Gasteiger partial charge >= 0.3 is 5.97 Å². The van der Waals surface area contributed by atoms with Crippen LogP contribution in [0.25, 0.3) is 0 Å². The zero-order valence-corrected chi connectivity index (χ0v) is 15.8. The topological polar surface area (TPSA) is 76.1 Å². The van der Waals surface area contributed by atoms with E-state index in [4.69, 9.17) is 4.74 Å². The minimum absolute atomic E-state index is 0.403. The molecule has 0 aliphatic heterocycles. The van der Waals surface area contributed by atoms with E-state index in [2.05, 4.69) is 46.6 Å². The molecule has 0 unspecified atom stereocenters. The molecule has 6 heteroatoms. The van der Waals surface area contributed by atoms with Crippen LogP contribution in [0.3, 0.4) is 0 Å². The number of anilines is 4. The predicted octanol–water partition coefficient (Wildman–Crippen LogP) is 4.68. The number of rotatable bonds is 5. The van der Waals surface area contributed by atoms with Gasteiger partial charge in [0.2, 0.25) is 5.95 Å². The maximum Gasteiger partial charge on any atom is 0.339 e. The van der Waals surface area contributed by atoms with Crippen molar-refractivity contribution in [2.24, 2.45) is 0 Å². The molecule has 0 aliphatic carbocycles. The highest BCUT2D eigenvalue weighted by Crippen LogP contribution is 2.25. The fourth-order valence-corrected chi connectivity index (χ4v) is 2.83. The lowest BCUT2D eigenvalue weighted by Gasteiger charge is -2.14. The van der Waals surface area contributed by atoms with Gasteiger partial charge in [-0.25, -0.2) is 9.78 Å². The van der Waals surface area contributed by atoms with E-state index in [1.807, 2.05) is 25.1 Å². The molecule has 6 nitrogen and oxygen atoms in total. The molecule has 3 rings (SSSR count). The molecule has 138 valence electrons. The standard InChI is InChI=1S/C21H22N4O2/c1-13-8-7-9-14(2)19(13)24-18-12-15(3)22-21(25-18)23-17-11-6-5-10-16(17)20(26)27-4/h5-12H,1-4H3,(H2,22,23,24,25). The number of methoxy groups -OCH3 is 1. The Morgan fingerprint density at radius 2 is 1.63 bits per heavy atom. The van der Waals surface area contributed by atoms with Crippen LogP contribution >= 0.6 is 0 Å². The maximum atomic E-state index is 12.0. The third kappa shape index (κ3) is 4.23. The van der Waals surface area contributed by atoms with Crippen LogP contribution in [0.1, 0.15) is 27.2 Å². The number of aryl methyl sites for hydroxylation is 3. The minimum Gasteiger partial charge on any atom is -0.465 e. The predicted molar refractivity (Wildman–Crippen MR) is 107 cm³/mol. The lowest BCUT2D eigenvalue weighted by molar-refractivity contribution is 0.0602. The number of carbonyl (C=O) groups is 1. The molecule has 0 aliphatic rings. The van der Waals surface area contributed by atoms with Gasteiger partial charge in [0, 0.05) is 17.4 Å². The highest BCUT2D eigenvalue weighted by Gasteiger charge is 2.13. The summed E-state index contributed by atoms with van der Waals surface area (Å²) in [6, 6.07) is 15.1. The van der Waals surface area contributed by atoms with Crippen LogP contribution in [-0.4, -0.2) is 23.0 Å². The average molecular weight is 362 g/mol. The Hall–Kier alpha value is -3.41. The number of para-hydroxylation sites is 2. The van der Waals surface area contributed by atoms with Gasteiger partial charge < -0.3 is 15.4 Å². The van der Waals surface area contributed by atoms with Crippen molar-refractivity contribution in [3.8, 4) is 0 Å². The lowest BCUT2D eigenvalue weighted by atomic mass is 10.1. The van der Waals surface area contributed by atoms with Crippen LogP contribution in [0.15, 0.2) is 48.5 Å². The van der Waals surface area contributed by atoms with Gasteiger partial charge in [0.05, 0.1) is 18.4 Å². The van der Waals surface area contributed by atoms with Gasteiger partial charge in [-0.2, -0.15) is 4.98 Å². The summed E-state index contributed by atoms with van der Waals surface area (Å²) in [5, 5.41) is 6.49. The third-order valence-corrected chi connectivity index (χ3v) is 4.17. The van der Waals surface area contributed by atoms with Crippen molar-refractivity contribution >= 4 is 29.1 Å². The van der Waals surface area contributed by atoms with Gasteiger partial charge in [0.25, 0.3) is 0 Å². The number of nitrogens with zero attached hydrogens (tertiary/aromatic N) is 2. The zero-order chi connectivity index (χ0) is 19.4. The van der Waals surface area contributed by atoms with E-state index in [1.54, 1.807) is 18.2 Å². The Morgan fingerprint density at radius 3 is 2.33 bits per heavy atom. The first kappa shape index (κ1) is 18.4. The Kier molecular flexibility index (Phi) is 5.35. The van der Waals surface area contributed by atoms with E-state index in [0.717, 1.165) is 22.5 Å². The highest BCUT2D eigenvalue weighted by atomic mass is 16.5. The summed E-state index contributed by atoms with van der Waals surface area (Å²) < 4.78 is 4.84. The van der Waals surface area contributed by atoms with Crippen molar-refractivity contribution in [1.82, 2.24) is 9.97 Å². The monoisotopic (exact) mass is 362 g/mol. The van der Waals surface area contributed by atoms with Crippen LogP contribution in [0.4, 0.5) is 23.1 Å². The molecule has 0 saturated heterocycles. The van der Waals surface area contributed by atoms with Crippen molar-refractivity contribution in [3.63, 3.8) is 0 Å². The summed E-state index contributed by atoms with van der Waals surface area (Å²) in [5.41, 5.74) is 5.12. The zero-order valence-electron chi connectivity index (χ0n) is 15.8. The smallest absolute Gasteiger partial charge is 0.339 e. The normalized spacial score (nSPS) is 10.4. The number of aromatic nitrogens is 2. The summed E-state index contributed by atoms with van der Waals surface area (Å²) in [4.78, 5) is 20.9. The van der Waals surface area contributed by atoms with Crippen molar-refractivity contribution in [2.75, 3.05) is 17.7 Å². The average Bonchev–Trinajstić information content (AvgIpc) is 2.64. The van der Waals surface area contributed by atoms with E-state index in [9.17, 15) is 4.79 Å². The SMILES string of the molecule is COC(=O)c1ccccc1Nc1nc(C)cc(Nc2c(C)cccc2C)n1. The van der Waals surface area contributed by atoms with Crippen LogP contribution in [-0.2, 0) is 4.74 Å². The summed E-state index contributed by atoms with van der Waals surface area (Å²) in [7, 11) is 1.36. The number of ether oxygens (including phenoxy) is 1. The van der Waals surface area contributed by atoms with Gasteiger partial charge in [-0.3, -0.25) is 0 Å². The Bertz CT molecular complexity index is 965. The number of hydrogen-bond donors (Lipinski definition) is 2. The molecular formula is C21H22N4O2. The van der Waals surface area contributed by atoms with Crippen molar-refractivity contribution < 1.29 is 9.53 Å². The van der Waals surface area contributed by atoms with Gasteiger partial charge in [-0.15, -0.1) is 0 Å². The second kappa shape index (κ2) is 7.86. The van der Waals surface area contributed by atoms with Gasteiger partial charge in [-0.05, 0) is 44.0 Å². The molecule has 2 N–H and O–H groups in total. The molecular weight excluding hydrogens is 340 g/mol. The first-order valence-corrected chi connectivity index (χ1v) is 8.61. The number of esters is 1. The Balaban J connectivity index is 1.92. The molecule has 0 saturated carbocycles. The lowest BCUT2D eigenvalue weighted by Crippen LogP contribution is -2.08. The maximum absolute atomic E-state index is 12.0. The molecule has 3 aromatic rings. The Morgan fingerprint density at radius 1 is 0.926 bits per heavy atom. The molecule has 0 atom stereocenters. The van der Waals surface area contributed by atoms with Crippen LogP contribution in [0.5, 0.6) is 0 Å². The van der Waals surface area contributed by atoms with Crippen molar-refractivity contribution in [1.29, 1.82) is 0 Å². The molecule has 0 amide bonds. The van der Waals surface area contributed by atoms with Gasteiger partial charge in [0.1, 0.15) is 5.82 Å². The molecule has 27 heavy (non-hydrogen) atoms. The third-order valence-electron chi connectivity index (χ3n) is 4.17. The number of carbonyl (C=O) groups excluding carboxylic acids is 1. The van der Waals surface area contributed by atoms with E-state index >= 15 is 0 Å². The van der Waals surface area contributed by atoms with E-state index < -0.39 is 5.97 Å². The van der Waals surface area contributed by atoms with E-state index in [0.29, 0.717) is 23.0 Å². The molecule has 2 aromatic carbocycles. The fourth-order valence-electron chi connectivity index (χ4n) is 2.83. The molecule has 1 heterocycles. The van der Waals surface area contributed by atoms with Crippen LogP contribution in [0.2, 0.25) is 0 Å². The summed E-state index contributed by atoms with van der Waals surface area (Å²) in [6.45, 7) is 6.00. The second-order valence-electron chi connectivity index (χ2n) is 6.27. The van der Waals surface area contributed by atoms with Crippen molar-refractivity contribution in [2.45, 2.75) is 20.8 Å². The van der Waals surface area contributed by atoms with E-state index in [-0.39, 0.29) is 0 Å². The largest absolute Gasteiger partial charge is 0.465 e. The molecule has 0 bridgehead atoms. The molecule has 1 aromatic heterocycles. The molecule has 0 fully saturated rings. The minimum atomic E-state index is -0.417. The number of hydrogen-bond acceptors (Lipinski definition) is 6. The fraction of sp³-hybridized carbons (Fsp3) is 0.190.